The van der Waals surface area contributed by atoms with E-state index in [1.54, 1.807) is 11.0 Å². The summed E-state index contributed by atoms with van der Waals surface area (Å²) >= 11 is 0. The Balaban J connectivity index is 1.46. The number of aromatic nitrogens is 4. The van der Waals surface area contributed by atoms with Crippen molar-refractivity contribution in [1.82, 2.24) is 19.9 Å². The van der Waals surface area contributed by atoms with E-state index in [2.05, 4.69) is 25.3 Å². The predicted molar refractivity (Wildman–Crippen MR) is 112 cm³/mol. The first-order valence-corrected chi connectivity index (χ1v) is 10.3. The van der Waals surface area contributed by atoms with Gasteiger partial charge in [0.2, 0.25) is 5.82 Å². The second-order valence-corrected chi connectivity index (χ2v) is 8.54. The predicted octanol–water partition coefficient (Wildman–Crippen LogP) is 3.38. The molecule has 2 aromatic heterocycles. The molecule has 2 saturated heterocycles. The van der Waals surface area contributed by atoms with Gasteiger partial charge < -0.3 is 20.5 Å². The first-order valence-electron chi connectivity index (χ1n) is 10.3. The van der Waals surface area contributed by atoms with E-state index in [1.807, 2.05) is 4.90 Å². The third-order valence-electron chi connectivity index (χ3n) is 5.77. The van der Waals surface area contributed by atoms with E-state index in [0.29, 0.717) is 32.0 Å². The van der Waals surface area contributed by atoms with Gasteiger partial charge in [-0.25, -0.2) is 28.7 Å². The number of hydrogen-bond donors (Lipinski definition) is 2. The van der Waals surface area contributed by atoms with E-state index >= 15 is 0 Å². The van der Waals surface area contributed by atoms with Gasteiger partial charge in [-0.05, 0) is 20.3 Å². The second-order valence-electron chi connectivity index (χ2n) is 8.54. The largest absolute Gasteiger partial charge is 0.451 e. The van der Waals surface area contributed by atoms with E-state index in [4.69, 9.17) is 5.41 Å². The highest BCUT2D eigenvalue weighted by Gasteiger charge is 2.49. The number of aryl methyl sites for hydroxylation is 1. The average Bonchev–Trinajstić information content (AvgIpc) is 3.15. The Labute approximate surface area is 186 Å². The van der Waals surface area contributed by atoms with Crippen LogP contribution in [0.4, 0.5) is 39.4 Å². The SMILES string of the molecule is CC(=N)c1ncc(N2CCC3(CN(c4cc(C)nc(C(F)(F)F)n4)C3)C2)nc1NCC(F)F. The van der Waals surface area contributed by atoms with Crippen molar-refractivity contribution in [3.05, 3.63) is 29.5 Å². The number of alkyl halides is 5. The standard InChI is InChI=1S/C20H23F5N8/c1-11-5-14(31-18(29-11)20(23,24)25)33-9-19(10-33)3-4-32(8-19)15-7-27-16(12(2)26)17(30-15)28-6-13(21)22/h5,7,13,26H,3-4,6,8-10H2,1-2H3,(H,28,30). The Kier molecular flexibility index (Phi) is 5.83. The maximum absolute atomic E-state index is 13.1. The highest BCUT2D eigenvalue weighted by Crippen LogP contribution is 2.43. The van der Waals surface area contributed by atoms with Crippen LogP contribution in [0.1, 0.15) is 30.6 Å². The van der Waals surface area contributed by atoms with Crippen molar-refractivity contribution in [2.45, 2.75) is 32.9 Å². The minimum absolute atomic E-state index is 0.108. The molecule has 2 aliphatic rings. The van der Waals surface area contributed by atoms with Crippen molar-refractivity contribution < 1.29 is 22.0 Å². The zero-order valence-corrected chi connectivity index (χ0v) is 18.0. The molecule has 13 heteroatoms. The van der Waals surface area contributed by atoms with E-state index < -0.39 is 25.0 Å². The lowest BCUT2D eigenvalue weighted by Gasteiger charge is -2.48. The topological polar surface area (TPSA) is 93.9 Å². The number of anilines is 3. The zero-order chi connectivity index (χ0) is 24.0. The van der Waals surface area contributed by atoms with Crippen LogP contribution in [0.2, 0.25) is 0 Å². The van der Waals surface area contributed by atoms with E-state index in [-0.39, 0.29) is 34.2 Å². The molecule has 4 rings (SSSR count). The van der Waals surface area contributed by atoms with Gasteiger partial charge in [0.1, 0.15) is 17.3 Å². The molecule has 2 N–H and O–H groups in total. The summed E-state index contributed by atoms with van der Waals surface area (Å²) in [6, 6.07) is 1.54. The fourth-order valence-corrected chi connectivity index (χ4v) is 4.26. The van der Waals surface area contributed by atoms with E-state index in [0.717, 1.165) is 6.42 Å². The molecule has 0 unspecified atom stereocenters. The number of halogens is 5. The summed E-state index contributed by atoms with van der Waals surface area (Å²) in [4.78, 5) is 19.6. The van der Waals surface area contributed by atoms with Gasteiger partial charge in [0.25, 0.3) is 6.43 Å². The Morgan fingerprint density at radius 3 is 2.48 bits per heavy atom. The molecule has 4 heterocycles. The summed E-state index contributed by atoms with van der Waals surface area (Å²) in [7, 11) is 0. The average molecular weight is 470 g/mol. The summed E-state index contributed by atoms with van der Waals surface area (Å²) in [6.07, 6.45) is -4.87. The fourth-order valence-electron chi connectivity index (χ4n) is 4.26. The molecule has 178 valence electrons. The molecule has 0 aliphatic carbocycles. The monoisotopic (exact) mass is 470 g/mol. The van der Waals surface area contributed by atoms with Gasteiger partial charge in [0, 0.05) is 43.4 Å². The van der Waals surface area contributed by atoms with Crippen molar-refractivity contribution >= 4 is 23.2 Å². The Bertz CT molecular complexity index is 1050. The van der Waals surface area contributed by atoms with Crippen molar-refractivity contribution in [3.8, 4) is 0 Å². The number of nitrogens with one attached hydrogen (secondary N) is 2. The Morgan fingerprint density at radius 2 is 1.85 bits per heavy atom. The quantitative estimate of drug-likeness (QED) is 0.494. The Morgan fingerprint density at radius 1 is 1.15 bits per heavy atom. The summed E-state index contributed by atoms with van der Waals surface area (Å²) in [5, 5.41) is 10.3. The minimum atomic E-state index is -4.61. The van der Waals surface area contributed by atoms with Gasteiger partial charge in [-0.15, -0.1) is 0 Å². The van der Waals surface area contributed by atoms with Crippen LogP contribution in [-0.2, 0) is 6.18 Å². The number of rotatable bonds is 6. The molecule has 33 heavy (non-hydrogen) atoms. The van der Waals surface area contributed by atoms with Crippen molar-refractivity contribution in [2.24, 2.45) is 5.41 Å². The molecule has 0 bridgehead atoms. The molecule has 8 nitrogen and oxygen atoms in total. The molecule has 0 aromatic carbocycles. The smallest absolute Gasteiger partial charge is 0.362 e. The molecule has 0 saturated carbocycles. The van der Waals surface area contributed by atoms with Gasteiger partial charge in [-0.1, -0.05) is 0 Å². The van der Waals surface area contributed by atoms with Crippen LogP contribution in [0.5, 0.6) is 0 Å². The maximum Gasteiger partial charge on any atom is 0.451 e. The lowest BCUT2D eigenvalue weighted by atomic mass is 9.79. The van der Waals surface area contributed by atoms with Crippen molar-refractivity contribution in [1.29, 1.82) is 5.41 Å². The van der Waals surface area contributed by atoms with Gasteiger partial charge in [0.05, 0.1) is 18.5 Å². The molecule has 2 aliphatic heterocycles. The van der Waals surface area contributed by atoms with Gasteiger partial charge >= 0.3 is 6.18 Å². The third-order valence-corrected chi connectivity index (χ3v) is 5.77. The Hall–Kier alpha value is -3.12. The van der Waals surface area contributed by atoms with Crippen LogP contribution in [0.15, 0.2) is 12.3 Å². The molecular weight excluding hydrogens is 447 g/mol. The molecule has 0 atom stereocenters. The minimum Gasteiger partial charge on any atom is -0.362 e. The van der Waals surface area contributed by atoms with Crippen LogP contribution in [0, 0.1) is 17.7 Å². The first kappa shape index (κ1) is 23.1. The lowest BCUT2D eigenvalue weighted by Crippen LogP contribution is -2.58. The van der Waals surface area contributed by atoms with Crippen LogP contribution in [0.3, 0.4) is 0 Å². The summed E-state index contributed by atoms with van der Waals surface area (Å²) in [5.74, 6) is -0.257. The molecule has 0 radical (unpaired) electrons. The van der Waals surface area contributed by atoms with Gasteiger partial charge in [-0.3, -0.25) is 0 Å². The molecular formula is C20H23F5N8. The van der Waals surface area contributed by atoms with Crippen LogP contribution in [0.25, 0.3) is 0 Å². The fraction of sp³-hybridized carbons (Fsp3) is 0.550. The number of hydrogen-bond acceptors (Lipinski definition) is 8. The van der Waals surface area contributed by atoms with Gasteiger partial charge in [0.15, 0.2) is 5.82 Å². The molecule has 2 fully saturated rings. The molecule has 1 spiro atoms. The highest BCUT2D eigenvalue weighted by atomic mass is 19.4. The summed E-state index contributed by atoms with van der Waals surface area (Å²) in [5.41, 5.74) is 0.437. The van der Waals surface area contributed by atoms with E-state index in [9.17, 15) is 22.0 Å². The molecule has 0 amide bonds. The number of nitrogens with zero attached hydrogens (tertiary/aromatic N) is 6. The van der Waals surface area contributed by atoms with Crippen LogP contribution >= 0.6 is 0 Å². The van der Waals surface area contributed by atoms with Crippen molar-refractivity contribution in [3.63, 3.8) is 0 Å². The normalized spacial score (nSPS) is 17.6. The maximum atomic E-state index is 13.1. The van der Waals surface area contributed by atoms with E-state index in [1.165, 1.54) is 20.0 Å². The first-order chi connectivity index (χ1) is 15.5. The van der Waals surface area contributed by atoms with Gasteiger partial charge in [-0.2, -0.15) is 13.2 Å². The van der Waals surface area contributed by atoms with Crippen LogP contribution < -0.4 is 15.1 Å². The third kappa shape index (κ3) is 4.81. The second kappa shape index (κ2) is 8.34. The highest BCUT2D eigenvalue weighted by molar-refractivity contribution is 5.98. The summed E-state index contributed by atoms with van der Waals surface area (Å²) in [6.45, 7) is 4.74. The zero-order valence-electron chi connectivity index (χ0n) is 18.0. The lowest BCUT2D eigenvalue weighted by molar-refractivity contribution is -0.145. The molecule has 2 aromatic rings. The van der Waals surface area contributed by atoms with Crippen LogP contribution in [-0.4, -0.2) is 64.8 Å². The summed E-state index contributed by atoms with van der Waals surface area (Å²) < 4.78 is 64.5. The van der Waals surface area contributed by atoms with Crippen molar-refractivity contribution in [2.75, 3.05) is 47.8 Å².